The molecule has 0 aliphatic rings. The molecule has 0 spiro atoms. The van der Waals surface area contributed by atoms with Crippen LogP contribution in [0.3, 0.4) is 0 Å². The number of hydrogen-bond donors (Lipinski definition) is 3. The van der Waals surface area contributed by atoms with Crippen LogP contribution in [0.2, 0.25) is 0 Å². The first kappa shape index (κ1) is 20.1. The predicted molar refractivity (Wildman–Crippen MR) is 111 cm³/mol. The molecule has 1 heterocycles. The molecule has 2 aromatic carbocycles. The fourth-order valence-corrected chi connectivity index (χ4v) is 2.42. The molecule has 0 aliphatic carbocycles. The molecule has 3 rings (SSSR count). The molecule has 0 saturated heterocycles. The number of aromatic nitrogens is 2. The molecule has 150 valence electrons. The van der Waals surface area contributed by atoms with Crippen LogP contribution in [0.25, 0.3) is 0 Å². The van der Waals surface area contributed by atoms with Crippen molar-refractivity contribution in [3.05, 3.63) is 66.2 Å². The number of carbonyl (C=O) groups excluding carboxylic acids is 1. The number of anilines is 5. The molecule has 0 bridgehead atoms. The highest BCUT2D eigenvalue weighted by atomic mass is 19.1. The van der Waals surface area contributed by atoms with Crippen LogP contribution in [0.5, 0.6) is 0 Å². The highest BCUT2D eigenvalue weighted by molar-refractivity contribution is 5.90. The minimum atomic E-state index is -0.363. The van der Waals surface area contributed by atoms with Gasteiger partial charge in [-0.25, -0.2) is 19.2 Å². The van der Waals surface area contributed by atoms with Crippen LogP contribution in [-0.4, -0.2) is 22.5 Å². The number of halogens is 1. The first-order valence-electron chi connectivity index (χ1n) is 9.09. The maximum atomic E-state index is 13.1. The lowest BCUT2D eigenvalue weighted by molar-refractivity contribution is 0.0459. The minimum absolute atomic E-state index is 0.276. The van der Waals surface area contributed by atoms with Crippen LogP contribution in [0.15, 0.2) is 54.9 Å². The van der Waals surface area contributed by atoms with Crippen LogP contribution >= 0.6 is 0 Å². The fourth-order valence-electron chi connectivity index (χ4n) is 2.42. The van der Waals surface area contributed by atoms with E-state index in [4.69, 9.17) is 10.5 Å². The van der Waals surface area contributed by atoms with E-state index < -0.39 is 0 Å². The Bertz CT molecular complexity index is 975. The van der Waals surface area contributed by atoms with Crippen molar-refractivity contribution in [2.45, 2.75) is 13.8 Å². The van der Waals surface area contributed by atoms with Crippen LogP contribution in [0, 0.1) is 11.7 Å². The van der Waals surface area contributed by atoms with Crippen LogP contribution in [-0.2, 0) is 4.74 Å². The second-order valence-corrected chi connectivity index (χ2v) is 6.81. The van der Waals surface area contributed by atoms with Crippen molar-refractivity contribution >= 4 is 34.7 Å². The normalized spacial score (nSPS) is 10.6. The maximum absolute atomic E-state index is 13.1. The van der Waals surface area contributed by atoms with Gasteiger partial charge in [-0.05, 0) is 54.4 Å². The zero-order chi connectivity index (χ0) is 20.8. The molecule has 0 radical (unpaired) electrons. The third-order valence-electron chi connectivity index (χ3n) is 3.92. The minimum Gasteiger partial charge on any atom is -0.462 e. The molecule has 0 fully saturated rings. The number of ether oxygens (including phenoxy) is 1. The Labute approximate surface area is 168 Å². The smallest absolute Gasteiger partial charge is 0.338 e. The van der Waals surface area contributed by atoms with Crippen molar-refractivity contribution in [2.75, 3.05) is 23.0 Å². The number of rotatable bonds is 7. The van der Waals surface area contributed by atoms with Gasteiger partial charge in [-0.15, -0.1) is 0 Å². The van der Waals surface area contributed by atoms with Gasteiger partial charge in [0.2, 0.25) is 0 Å². The third-order valence-corrected chi connectivity index (χ3v) is 3.92. The summed E-state index contributed by atoms with van der Waals surface area (Å²) in [6.45, 7) is 4.33. The van der Waals surface area contributed by atoms with Gasteiger partial charge in [0.25, 0.3) is 0 Å². The lowest BCUT2D eigenvalue weighted by Crippen LogP contribution is -2.10. The number of nitrogens with two attached hydrogens (primary N) is 1. The standard InChI is InChI=1S/C21H22FN5O2/c1-13(2)11-29-21(28)14-3-7-16(8-4-14)26-19-18(23)20(25-12-24-19)27-17-9-5-15(22)6-10-17/h3-10,12-13H,11,23H2,1-2H3,(H2,24,25,26,27). The third kappa shape index (κ3) is 5.41. The first-order valence-corrected chi connectivity index (χ1v) is 9.09. The van der Waals surface area contributed by atoms with Gasteiger partial charge >= 0.3 is 5.97 Å². The predicted octanol–water partition coefficient (Wildman–Crippen LogP) is 4.50. The zero-order valence-corrected chi connectivity index (χ0v) is 16.1. The van der Waals surface area contributed by atoms with Crippen LogP contribution < -0.4 is 16.4 Å². The van der Waals surface area contributed by atoms with Gasteiger partial charge in [-0.2, -0.15) is 0 Å². The highest BCUT2D eigenvalue weighted by Gasteiger charge is 2.11. The summed E-state index contributed by atoms with van der Waals surface area (Å²) in [7, 11) is 0. The number of hydrogen-bond acceptors (Lipinski definition) is 7. The van der Waals surface area contributed by atoms with E-state index in [2.05, 4.69) is 20.6 Å². The second kappa shape index (κ2) is 9.01. The van der Waals surface area contributed by atoms with Gasteiger partial charge in [-0.3, -0.25) is 0 Å². The Morgan fingerprint density at radius 3 is 2.03 bits per heavy atom. The number of carbonyl (C=O) groups is 1. The molecule has 4 N–H and O–H groups in total. The summed E-state index contributed by atoms with van der Waals surface area (Å²) in [4.78, 5) is 20.3. The van der Waals surface area contributed by atoms with E-state index in [0.29, 0.717) is 40.9 Å². The molecule has 7 nitrogen and oxygen atoms in total. The van der Waals surface area contributed by atoms with E-state index in [1.807, 2.05) is 13.8 Å². The summed E-state index contributed by atoms with van der Waals surface area (Å²) < 4.78 is 18.3. The highest BCUT2D eigenvalue weighted by Crippen LogP contribution is 2.28. The number of nitrogens with zero attached hydrogens (tertiary/aromatic N) is 2. The van der Waals surface area contributed by atoms with E-state index >= 15 is 0 Å². The van der Waals surface area contributed by atoms with E-state index in [0.717, 1.165) is 0 Å². The summed E-state index contributed by atoms with van der Waals surface area (Å²) >= 11 is 0. The van der Waals surface area contributed by atoms with E-state index in [1.54, 1.807) is 36.4 Å². The van der Waals surface area contributed by atoms with E-state index in [1.165, 1.54) is 18.5 Å². The summed E-state index contributed by atoms with van der Waals surface area (Å²) in [5.74, 6) is 0.378. The molecule has 0 unspecified atom stereocenters. The average Bonchev–Trinajstić information content (AvgIpc) is 2.71. The number of esters is 1. The summed E-state index contributed by atoms with van der Waals surface area (Å²) in [5.41, 5.74) is 8.27. The van der Waals surface area contributed by atoms with Gasteiger partial charge < -0.3 is 21.1 Å². The number of benzene rings is 2. The molecule has 0 atom stereocenters. The first-order chi connectivity index (χ1) is 13.9. The summed E-state index contributed by atoms with van der Waals surface area (Å²) in [5, 5.41) is 6.12. The Hall–Kier alpha value is -3.68. The Morgan fingerprint density at radius 1 is 1.00 bits per heavy atom. The molecule has 0 amide bonds. The van der Waals surface area contributed by atoms with Crippen molar-refractivity contribution in [3.63, 3.8) is 0 Å². The summed E-state index contributed by atoms with van der Waals surface area (Å²) in [6.07, 6.45) is 1.36. The van der Waals surface area contributed by atoms with Crippen molar-refractivity contribution in [1.82, 2.24) is 9.97 Å². The number of nitrogens with one attached hydrogen (secondary N) is 2. The Balaban J connectivity index is 1.70. The molecule has 1 aromatic heterocycles. The fraction of sp³-hybridized carbons (Fsp3) is 0.190. The van der Waals surface area contributed by atoms with Gasteiger partial charge in [0.15, 0.2) is 11.6 Å². The zero-order valence-electron chi connectivity index (χ0n) is 16.1. The lowest BCUT2D eigenvalue weighted by atomic mass is 10.2. The quantitative estimate of drug-likeness (QED) is 0.506. The van der Waals surface area contributed by atoms with Crippen LogP contribution in [0.1, 0.15) is 24.2 Å². The average molecular weight is 395 g/mol. The molecule has 29 heavy (non-hydrogen) atoms. The molecular formula is C21H22FN5O2. The van der Waals surface area contributed by atoms with Crippen molar-refractivity contribution < 1.29 is 13.9 Å². The maximum Gasteiger partial charge on any atom is 0.338 e. The SMILES string of the molecule is CC(C)COC(=O)c1ccc(Nc2ncnc(Nc3ccc(F)cc3)c2N)cc1. The number of nitrogen functional groups attached to an aromatic ring is 1. The van der Waals surface area contributed by atoms with Crippen molar-refractivity contribution in [1.29, 1.82) is 0 Å². The Kier molecular flexibility index (Phi) is 6.23. The Morgan fingerprint density at radius 2 is 1.52 bits per heavy atom. The topological polar surface area (TPSA) is 102 Å². The van der Waals surface area contributed by atoms with Crippen molar-refractivity contribution in [2.24, 2.45) is 5.92 Å². The van der Waals surface area contributed by atoms with E-state index in [-0.39, 0.29) is 17.7 Å². The molecule has 8 heteroatoms. The van der Waals surface area contributed by atoms with Gasteiger partial charge in [-0.1, -0.05) is 13.8 Å². The van der Waals surface area contributed by atoms with Gasteiger partial charge in [0.1, 0.15) is 17.8 Å². The lowest BCUT2D eigenvalue weighted by Gasteiger charge is -2.13. The van der Waals surface area contributed by atoms with Crippen molar-refractivity contribution in [3.8, 4) is 0 Å². The molecule has 0 aliphatic heterocycles. The second-order valence-electron chi connectivity index (χ2n) is 6.81. The molecule has 3 aromatic rings. The van der Waals surface area contributed by atoms with Crippen LogP contribution in [0.4, 0.5) is 33.1 Å². The van der Waals surface area contributed by atoms with Gasteiger partial charge in [0.05, 0.1) is 12.2 Å². The van der Waals surface area contributed by atoms with Gasteiger partial charge in [0, 0.05) is 11.4 Å². The largest absolute Gasteiger partial charge is 0.462 e. The van der Waals surface area contributed by atoms with E-state index in [9.17, 15) is 9.18 Å². The monoisotopic (exact) mass is 395 g/mol. The molecule has 0 saturated carbocycles. The molecular weight excluding hydrogens is 373 g/mol. The summed E-state index contributed by atoms with van der Waals surface area (Å²) in [6, 6.07) is 12.7.